The average molecular weight is 364 g/mol. The van der Waals surface area contributed by atoms with Crippen molar-refractivity contribution in [3.05, 3.63) is 75.9 Å². The Morgan fingerprint density at radius 3 is 2.81 bits per heavy atom. The molecule has 0 radical (unpaired) electrons. The molecule has 0 spiro atoms. The molecule has 0 aliphatic carbocycles. The largest absolute Gasteiger partial charge is 0.419 e. The van der Waals surface area contributed by atoms with Crippen molar-refractivity contribution in [2.75, 3.05) is 5.32 Å². The molecule has 0 saturated carbocycles. The first kappa shape index (κ1) is 16.4. The van der Waals surface area contributed by atoms with Crippen LogP contribution in [0.4, 0.5) is 5.69 Å². The van der Waals surface area contributed by atoms with E-state index in [4.69, 9.17) is 4.42 Å². The molecule has 2 aromatic carbocycles. The number of thiophene rings is 1. The number of benzene rings is 2. The summed E-state index contributed by atoms with van der Waals surface area (Å²) in [4.78, 5) is 24.2. The van der Waals surface area contributed by atoms with Gasteiger partial charge < -0.3 is 9.73 Å². The van der Waals surface area contributed by atoms with Crippen molar-refractivity contribution >= 4 is 34.0 Å². The third kappa shape index (κ3) is 3.32. The minimum Gasteiger partial charge on any atom is -0.408 e. The van der Waals surface area contributed by atoms with Crippen LogP contribution in [-0.2, 0) is 11.3 Å². The van der Waals surface area contributed by atoms with Gasteiger partial charge in [0, 0.05) is 18.7 Å². The molecular formula is C20H16N2O3S. The number of nitrogens with one attached hydrogen (secondary N) is 1. The molecule has 1 N–H and O–H groups in total. The second kappa shape index (κ2) is 7.01. The summed E-state index contributed by atoms with van der Waals surface area (Å²) in [7, 11) is 0. The molecule has 130 valence electrons. The molecule has 5 nitrogen and oxygen atoms in total. The number of carbonyl (C=O) groups is 1. The molecule has 0 bridgehead atoms. The number of oxazole rings is 1. The smallest absolute Gasteiger partial charge is 0.408 e. The Bertz CT molecular complexity index is 1110. The van der Waals surface area contributed by atoms with E-state index in [1.165, 1.54) is 4.57 Å². The third-order valence-corrected chi connectivity index (χ3v) is 4.82. The Hall–Kier alpha value is -3.12. The van der Waals surface area contributed by atoms with Crippen LogP contribution in [0.3, 0.4) is 0 Å². The lowest BCUT2D eigenvalue weighted by Crippen LogP contribution is -2.19. The molecule has 2 heterocycles. The minimum absolute atomic E-state index is 0.148. The molecular weight excluding hydrogens is 348 g/mol. The van der Waals surface area contributed by atoms with Gasteiger partial charge in [0.1, 0.15) is 0 Å². The van der Waals surface area contributed by atoms with Crippen LogP contribution in [-0.4, -0.2) is 10.5 Å². The van der Waals surface area contributed by atoms with Crippen LogP contribution in [0.25, 0.3) is 22.2 Å². The predicted molar refractivity (Wildman–Crippen MR) is 103 cm³/mol. The predicted octanol–water partition coefficient (Wildman–Crippen LogP) is 4.35. The van der Waals surface area contributed by atoms with E-state index in [-0.39, 0.29) is 18.9 Å². The van der Waals surface area contributed by atoms with Gasteiger partial charge in [-0.15, -0.1) is 0 Å². The van der Waals surface area contributed by atoms with Crippen molar-refractivity contribution in [1.82, 2.24) is 4.57 Å². The van der Waals surface area contributed by atoms with Crippen LogP contribution in [0.15, 0.2) is 74.6 Å². The second-order valence-corrected chi connectivity index (χ2v) is 6.66. The number of hydrogen-bond donors (Lipinski definition) is 1. The van der Waals surface area contributed by atoms with Gasteiger partial charge in [0.05, 0.1) is 5.52 Å². The Labute approximate surface area is 153 Å². The topological polar surface area (TPSA) is 64.2 Å². The molecule has 0 aliphatic rings. The number of nitrogens with zero attached hydrogens (tertiary/aromatic N) is 1. The highest BCUT2D eigenvalue weighted by Gasteiger charge is 2.11. The van der Waals surface area contributed by atoms with Gasteiger partial charge in [0.25, 0.3) is 0 Å². The molecule has 4 aromatic rings. The number of para-hydroxylation sites is 2. The van der Waals surface area contributed by atoms with Crippen LogP contribution in [0.2, 0.25) is 0 Å². The lowest BCUT2D eigenvalue weighted by Gasteiger charge is -2.07. The Morgan fingerprint density at radius 2 is 1.96 bits per heavy atom. The van der Waals surface area contributed by atoms with Crippen molar-refractivity contribution < 1.29 is 9.21 Å². The summed E-state index contributed by atoms with van der Waals surface area (Å²) >= 11 is 1.63. The van der Waals surface area contributed by atoms with Gasteiger partial charge in [0.2, 0.25) is 5.91 Å². The molecule has 0 atom stereocenters. The highest BCUT2D eigenvalue weighted by Crippen LogP contribution is 2.24. The highest BCUT2D eigenvalue weighted by molar-refractivity contribution is 7.08. The molecule has 6 heteroatoms. The van der Waals surface area contributed by atoms with Gasteiger partial charge in [0.15, 0.2) is 5.58 Å². The van der Waals surface area contributed by atoms with Crippen LogP contribution < -0.4 is 11.1 Å². The Morgan fingerprint density at radius 1 is 1.08 bits per heavy atom. The minimum atomic E-state index is -0.446. The SMILES string of the molecule is O=C(CCn1c(=O)oc2ccccc21)Nc1cccc(-c2ccsc2)c1. The number of aryl methyl sites for hydroxylation is 1. The first-order valence-corrected chi connectivity index (χ1v) is 9.16. The number of amides is 1. The zero-order valence-electron chi connectivity index (χ0n) is 13.8. The molecule has 1 amide bonds. The number of aromatic nitrogens is 1. The molecule has 4 rings (SSSR count). The maximum atomic E-state index is 12.3. The summed E-state index contributed by atoms with van der Waals surface area (Å²) in [5.74, 6) is -0.594. The van der Waals surface area contributed by atoms with Gasteiger partial charge in [-0.3, -0.25) is 9.36 Å². The fraction of sp³-hybridized carbons (Fsp3) is 0.100. The van der Waals surface area contributed by atoms with E-state index in [0.29, 0.717) is 11.1 Å². The number of anilines is 1. The van der Waals surface area contributed by atoms with Crippen LogP contribution in [0, 0.1) is 0 Å². The molecule has 0 fully saturated rings. The number of rotatable bonds is 5. The maximum absolute atomic E-state index is 12.3. The summed E-state index contributed by atoms with van der Waals surface area (Å²) in [6.07, 6.45) is 0.187. The zero-order valence-corrected chi connectivity index (χ0v) is 14.7. The highest BCUT2D eigenvalue weighted by atomic mass is 32.1. The average Bonchev–Trinajstić information content (AvgIpc) is 3.28. The monoisotopic (exact) mass is 364 g/mol. The lowest BCUT2D eigenvalue weighted by atomic mass is 10.1. The summed E-state index contributed by atoms with van der Waals surface area (Å²) in [5.41, 5.74) is 4.15. The lowest BCUT2D eigenvalue weighted by molar-refractivity contribution is -0.116. The van der Waals surface area contributed by atoms with E-state index in [2.05, 4.69) is 10.7 Å². The standard InChI is InChI=1S/C20H16N2O3S/c23-19(8-10-22-17-6-1-2-7-18(17)25-20(22)24)21-16-5-3-4-14(12-16)15-9-11-26-13-15/h1-7,9,11-13H,8,10H2,(H,21,23). The van der Waals surface area contributed by atoms with Crippen LogP contribution in [0.1, 0.15) is 6.42 Å². The molecule has 0 unspecified atom stereocenters. The number of fused-ring (bicyclic) bond motifs is 1. The van der Waals surface area contributed by atoms with E-state index in [1.807, 2.05) is 53.9 Å². The normalized spacial score (nSPS) is 10.9. The molecule has 26 heavy (non-hydrogen) atoms. The van der Waals surface area contributed by atoms with E-state index >= 15 is 0 Å². The summed E-state index contributed by atoms with van der Waals surface area (Å²) < 4.78 is 6.67. The van der Waals surface area contributed by atoms with Gasteiger partial charge in [-0.05, 0) is 52.2 Å². The van der Waals surface area contributed by atoms with E-state index < -0.39 is 5.76 Å². The van der Waals surface area contributed by atoms with Crippen molar-refractivity contribution in [2.24, 2.45) is 0 Å². The number of carbonyl (C=O) groups excluding carboxylic acids is 1. The summed E-state index contributed by atoms with van der Waals surface area (Å²) in [6, 6.07) is 17.0. The second-order valence-electron chi connectivity index (χ2n) is 5.88. The van der Waals surface area contributed by atoms with Gasteiger partial charge in [-0.2, -0.15) is 11.3 Å². The molecule has 0 saturated heterocycles. The van der Waals surface area contributed by atoms with E-state index in [9.17, 15) is 9.59 Å². The van der Waals surface area contributed by atoms with Gasteiger partial charge >= 0.3 is 5.76 Å². The fourth-order valence-electron chi connectivity index (χ4n) is 2.87. The maximum Gasteiger partial charge on any atom is 0.419 e. The van der Waals surface area contributed by atoms with Crippen molar-refractivity contribution in [3.8, 4) is 11.1 Å². The van der Waals surface area contributed by atoms with Crippen molar-refractivity contribution in [1.29, 1.82) is 0 Å². The number of hydrogen-bond acceptors (Lipinski definition) is 4. The van der Waals surface area contributed by atoms with Crippen LogP contribution in [0.5, 0.6) is 0 Å². The van der Waals surface area contributed by atoms with Gasteiger partial charge in [-0.1, -0.05) is 24.3 Å². The zero-order chi connectivity index (χ0) is 17.9. The first-order chi connectivity index (χ1) is 12.7. The molecule has 0 aliphatic heterocycles. The third-order valence-electron chi connectivity index (χ3n) is 4.14. The molecule has 2 aromatic heterocycles. The first-order valence-electron chi connectivity index (χ1n) is 8.21. The fourth-order valence-corrected chi connectivity index (χ4v) is 3.53. The van der Waals surface area contributed by atoms with E-state index in [1.54, 1.807) is 17.4 Å². The van der Waals surface area contributed by atoms with Gasteiger partial charge in [-0.25, -0.2) is 4.79 Å². The quantitative estimate of drug-likeness (QED) is 0.572. The van der Waals surface area contributed by atoms with Crippen LogP contribution >= 0.6 is 11.3 Å². The summed E-state index contributed by atoms with van der Waals surface area (Å²) in [5, 5.41) is 6.98. The Kier molecular flexibility index (Phi) is 4.41. The summed E-state index contributed by atoms with van der Waals surface area (Å²) in [6.45, 7) is 0.270. The van der Waals surface area contributed by atoms with E-state index in [0.717, 1.165) is 16.8 Å². The van der Waals surface area contributed by atoms with Crippen molar-refractivity contribution in [2.45, 2.75) is 13.0 Å². The Balaban J connectivity index is 1.45. The van der Waals surface area contributed by atoms with Crippen molar-refractivity contribution in [3.63, 3.8) is 0 Å².